The van der Waals surface area contributed by atoms with Gasteiger partial charge in [-0.2, -0.15) is 0 Å². The first-order chi connectivity index (χ1) is 17.3. The largest absolute Gasteiger partial charge is 0.347 e. The summed E-state index contributed by atoms with van der Waals surface area (Å²) in [5.41, 5.74) is 1.49. The van der Waals surface area contributed by atoms with Crippen molar-refractivity contribution in [3.63, 3.8) is 0 Å². The van der Waals surface area contributed by atoms with Gasteiger partial charge in [-0.25, -0.2) is 15.0 Å². The second-order valence-corrected chi connectivity index (χ2v) is 19.6. The highest BCUT2D eigenvalue weighted by atomic mass is 33.2. The third-order valence-electron chi connectivity index (χ3n) is 6.01. The molecule has 5 heterocycles. The van der Waals surface area contributed by atoms with E-state index in [9.17, 15) is 4.79 Å². The van der Waals surface area contributed by atoms with Gasteiger partial charge in [-0.3, -0.25) is 9.36 Å². The molecule has 0 bridgehead atoms. The van der Waals surface area contributed by atoms with Gasteiger partial charge in [-0.1, -0.05) is 41.0 Å². The number of amides is 1. The first kappa shape index (κ1) is 24.7. The Hall–Kier alpha value is -1.57. The van der Waals surface area contributed by atoms with Gasteiger partial charge in [0.25, 0.3) is 5.91 Å². The Morgan fingerprint density at radius 2 is 1.94 bits per heavy atom. The van der Waals surface area contributed by atoms with Gasteiger partial charge in [0.1, 0.15) is 24.6 Å². The second-order valence-electron chi connectivity index (χ2n) is 8.91. The summed E-state index contributed by atoms with van der Waals surface area (Å²) >= 11 is 9.20. The van der Waals surface area contributed by atoms with Crippen molar-refractivity contribution >= 4 is 62.1 Å². The van der Waals surface area contributed by atoms with Crippen LogP contribution < -0.4 is 5.32 Å². The minimum absolute atomic E-state index is 0.280. The van der Waals surface area contributed by atoms with Crippen LogP contribution in [0.1, 0.15) is 30.4 Å². The summed E-state index contributed by atoms with van der Waals surface area (Å²) in [7, 11) is 0. The molecule has 3 aromatic rings. The van der Waals surface area contributed by atoms with Crippen molar-refractivity contribution in [2.75, 3.05) is 23.4 Å². The number of fused-ring (bicyclic) bond motifs is 2. The summed E-state index contributed by atoms with van der Waals surface area (Å²) in [5.74, 6) is 1.29. The van der Waals surface area contributed by atoms with E-state index in [0.29, 0.717) is 29.2 Å². The van der Waals surface area contributed by atoms with E-state index < -0.39 is 22.8 Å². The highest BCUT2D eigenvalue weighted by Crippen LogP contribution is 2.74. The van der Waals surface area contributed by atoms with Crippen LogP contribution in [0.25, 0.3) is 11.2 Å². The molecular weight excluding hydrogens is 541 g/mol. The van der Waals surface area contributed by atoms with Crippen molar-refractivity contribution in [1.82, 2.24) is 19.5 Å². The maximum atomic E-state index is 12.7. The molecule has 0 radical (unpaired) electrons. The van der Waals surface area contributed by atoms with Crippen LogP contribution >= 0.6 is 27.4 Å². The van der Waals surface area contributed by atoms with Crippen molar-refractivity contribution in [2.45, 2.75) is 44.2 Å². The summed E-state index contributed by atoms with van der Waals surface area (Å²) in [6.07, 6.45) is 1.38. The molecule has 1 unspecified atom stereocenters. The number of carbonyl (C=O) groups excluding carboxylic acids is 1. The highest BCUT2D eigenvalue weighted by Gasteiger charge is 2.56. The van der Waals surface area contributed by atoms with Gasteiger partial charge in [0.15, 0.2) is 33.7 Å². The van der Waals surface area contributed by atoms with E-state index in [1.165, 1.54) is 6.33 Å². The zero-order valence-electron chi connectivity index (χ0n) is 19.5. The van der Waals surface area contributed by atoms with E-state index >= 15 is 0 Å². The van der Waals surface area contributed by atoms with Crippen molar-refractivity contribution in [3.05, 3.63) is 48.5 Å². The Morgan fingerprint density at radius 3 is 2.72 bits per heavy atom. The summed E-state index contributed by atoms with van der Waals surface area (Å²) in [6, 6.07) is 8.93. The third-order valence-corrected chi connectivity index (χ3v) is 15.9. The minimum Gasteiger partial charge on any atom is -0.347 e. The molecule has 36 heavy (non-hydrogen) atoms. The number of aromatic nitrogens is 4. The molecule has 0 saturated carbocycles. The van der Waals surface area contributed by atoms with Gasteiger partial charge in [0.05, 0.1) is 12.9 Å². The molecule has 3 aliphatic heterocycles. The fourth-order valence-corrected chi connectivity index (χ4v) is 13.3. The van der Waals surface area contributed by atoms with E-state index in [-0.39, 0.29) is 18.1 Å². The van der Waals surface area contributed by atoms with Crippen LogP contribution in [-0.2, 0) is 30.5 Å². The quantitative estimate of drug-likeness (QED) is 0.434. The Bertz CT molecular complexity index is 1330. The summed E-state index contributed by atoms with van der Waals surface area (Å²) < 4.78 is 24.9. The number of anilines is 1. The number of hydrogen-bond acceptors (Lipinski definition) is 11. The molecule has 6 rings (SSSR count). The number of hydrogen-bond donors (Lipinski definition) is 1. The molecule has 3 saturated heterocycles. The first-order valence-corrected chi connectivity index (χ1v) is 17.3. The minimum atomic E-state index is -1.95. The predicted octanol–water partition coefficient (Wildman–Crippen LogP) is 4.22. The fraction of sp³-hybridized carbons (Fsp3) is 0.455. The lowest BCUT2D eigenvalue weighted by atomic mass is 10.1. The highest BCUT2D eigenvalue weighted by molar-refractivity contribution is 9.00. The van der Waals surface area contributed by atoms with Crippen LogP contribution in [0.4, 0.5) is 5.82 Å². The van der Waals surface area contributed by atoms with Gasteiger partial charge in [-0.15, -0.1) is 0 Å². The lowest BCUT2D eigenvalue weighted by molar-refractivity contribution is -0.198. The number of nitrogens with one attached hydrogen (secondary N) is 1. The van der Waals surface area contributed by atoms with E-state index in [0.717, 1.165) is 11.5 Å². The fourth-order valence-electron chi connectivity index (χ4n) is 4.49. The van der Waals surface area contributed by atoms with Crippen LogP contribution in [0.5, 0.6) is 0 Å². The number of carbonyl (C=O) groups is 1. The molecule has 14 heteroatoms. The normalized spacial score (nSPS) is 28.4. The summed E-state index contributed by atoms with van der Waals surface area (Å²) in [6.45, 7) is 4.10. The van der Waals surface area contributed by atoms with Gasteiger partial charge in [-0.05, 0) is 37.8 Å². The maximum Gasteiger partial charge on any atom is 0.256 e. The molecule has 1 N–H and O–H groups in total. The number of nitrogens with zero attached hydrogens (tertiary/aromatic N) is 4. The van der Waals surface area contributed by atoms with E-state index in [2.05, 4.69) is 20.3 Å². The Morgan fingerprint density at radius 1 is 1.19 bits per heavy atom. The van der Waals surface area contributed by atoms with Crippen LogP contribution in [0, 0.1) is 0 Å². The molecule has 0 spiro atoms. The second kappa shape index (κ2) is 9.63. The average molecular weight is 566 g/mol. The van der Waals surface area contributed by atoms with E-state index in [1.54, 1.807) is 57.9 Å². The Balaban J connectivity index is 1.27. The average Bonchev–Trinajstić information content (AvgIpc) is 3.62. The third kappa shape index (κ3) is 4.71. The number of imidazole rings is 1. The van der Waals surface area contributed by atoms with E-state index in [1.807, 2.05) is 19.9 Å². The Kier molecular flexibility index (Phi) is 6.62. The SMILES string of the molecule is CC1(C)O[C@@H]2[C@H](O1)C(COP1(=S)SCCS1)O[C@H]2n1cnc2c(NC(=O)c3ccccc3)ncnc21. The van der Waals surface area contributed by atoms with Crippen LogP contribution in [0.3, 0.4) is 0 Å². The van der Waals surface area contributed by atoms with Gasteiger partial charge in [0, 0.05) is 17.1 Å². The lowest BCUT2D eigenvalue weighted by Gasteiger charge is -2.25. The monoisotopic (exact) mass is 565 g/mol. The smallest absolute Gasteiger partial charge is 0.256 e. The summed E-state index contributed by atoms with van der Waals surface area (Å²) in [5, 5.41) is 2.83. The lowest BCUT2D eigenvalue weighted by Crippen LogP contribution is -2.32. The van der Waals surface area contributed by atoms with Crippen LogP contribution in [-0.4, -0.2) is 67.6 Å². The number of ether oxygens (including phenoxy) is 3. The first-order valence-electron chi connectivity index (χ1n) is 11.4. The zero-order valence-corrected chi connectivity index (χ0v) is 22.8. The molecular formula is C22H24N5O5PS3. The Labute approximate surface area is 220 Å². The van der Waals surface area contributed by atoms with Crippen molar-refractivity contribution in [2.24, 2.45) is 0 Å². The molecule has 190 valence electrons. The summed E-state index contributed by atoms with van der Waals surface area (Å²) in [4.78, 5) is 25.9. The topological polar surface area (TPSA) is 110 Å². The van der Waals surface area contributed by atoms with Crippen LogP contribution in [0.15, 0.2) is 43.0 Å². The van der Waals surface area contributed by atoms with Gasteiger partial charge >= 0.3 is 0 Å². The van der Waals surface area contributed by atoms with Gasteiger partial charge < -0.3 is 24.1 Å². The van der Waals surface area contributed by atoms with E-state index in [4.69, 9.17) is 30.5 Å². The molecule has 2 aromatic heterocycles. The zero-order chi connectivity index (χ0) is 24.9. The molecule has 0 aliphatic carbocycles. The van der Waals surface area contributed by atoms with Crippen molar-refractivity contribution in [3.8, 4) is 0 Å². The molecule has 3 aliphatic rings. The van der Waals surface area contributed by atoms with Crippen molar-refractivity contribution in [1.29, 1.82) is 0 Å². The predicted molar refractivity (Wildman–Crippen MR) is 143 cm³/mol. The number of benzene rings is 1. The molecule has 3 fully saturated rings. The molecule has 1 amide bonds. The van der Waals surface area contributed by atoms with Gasteiger partial charge in [0.2, 0.25) is 0 Å². The molecule has 4 atom stereocenters. The number of rotatable bonds is 6. The van der Waals surface area contributed by atoms with Crippen LogP contribution in [0.2, 0.25) is 0 Å². The standard InChI is InChI=1S/C22H24N5O5PS3/c1-22(2)31-16-14(10-29-33(34)35-8-9-36-33)30-21(17(16)32-22)27-12-25-15-18(23-11-24-19(15)27)26-20(28)13-6-4-3-5-7-13/h3-7,11-12,14,16-17,21H,8-10H2,1-2H3,(H,23,24,26,28)/t14?,16-,17-,21-/m1/s1. The molecule has 1 aromatic carbocycles. The molecule has 10 nitrogen and oxygen atoms in total. The van der Waals surface area contributed by atoms with Crippen molar-refractivity contribution < 1.29 is 23.5 Å². The maximum absolute atomic E-state index is 12.7.